The second-order valence-electron chi connectivity index (χ2n) is 6.92. The van der Waals surface area contributed by atoms with Crippen molar-refractivity contribution in [2.75, 3.05) is 6.54 Å². The number of nitrogens with one attached hydrogen (secondary N) is 1. The molecule has 1 unspecified atom stereocenters. The van der Waals surface area contributed by atoms with Gasteiger partial charge in [0.25, 0.3) is 0 Å². The third-order valence-electron chi connectivity index (χ3n) is 3.20. The quantitative estimate of drug-likeness (QED) is 0.762. The summed E-state index contributed by atoms with van der Waals surface area (Å²) in [5.74, 6) is 0. The van der Waals surface area contributed by atoms with Crippen molar-refractivity contribution in [3.63, 3.8) is 0 Å². The number of alkyl carbamates (subject to hydrolysis) is 1. The number of amides is 2. The van der Waals surface area contributed by atoms with Crippen molar-refractivity contribution in [1.29, 1.82) is 0 Å². The smallest absolute Gasteiger partial charge is 0.410 e. The van der Waals surface area contributed by atoms with Gasteiger partial charge in [-0.05, 0) is 47.5 Å². The standard InChI is InChI=1S/C15H27N3O4S/c1-9(2)21-13(19)17-10-6-7-11(12(16)23)18(8-10)14(20)22-15(3,4)5/h9-11H,6-8H2,1-5H3,(H2,16,23)(H,17,19)/t10-,11?/m1/s1. The average Bonchev–Trinajstić information content (AvgIpc) is 2.35. The van der Waals surface area contributed by atoms with Gasteiger partial charge in [-0.2, -0.15) is 0 Å². The SMILES string of the molecule is CC(C)OC(=O)N[C@@H]1CCC(C(N)=S)N(C(=O)OC(C)(C)C)C1. The van der Waals surface area contributed by atoms with Gasteiger partial charge in [0.2, 0.25) is 0 Å². The number of carbonyl (C=O) groups excluding carboxylic acids is 2. The molecule has 1 fully saturated rings. The van der Waals surface area contributed by atoms with Crippen molar-refractivity contribution >= 4 is 29.4 Å². The second-order valence-corrected chi connectivity index (χ2v) is 7.39. The fourth-order valence-electron chi connectivity index (χ4n) is 2.32. The van der Waals surface area contributed by atoms with E-state index in [-0.39, 0.29) is 29.7 Å². The third kappa shape index (κ3) is 6.60. The summed E-state index contributed by atoms with van der Waals surface area (Å²) < 4.78 is 10.5. The minimum absolute atomic E-state index is 0.204. The maximum absolute atomic E-state index is 12.4. The summed E-state index contributed by atoms with van der Waals surface area (Å²) in [6, 6.07) is -0.585. The average molecular weight is 345 g/mol. The molecule has 1 aliphatic heterocycles. The highest BCUT2D eigenvalue weighted by atomic mass is 32.1. The lowest BCUT2D eigenvalue weighted by molar-refractivity contribution is 0.0129. The fourth-order valence-corrected chi connectivity index (χ4v) is 2.57. The van der Waals surface area contributed by atoms with Crippen LogP contribution in [-0.2, 0) is 9.47 Å². The Kier molecular flexibility index (Phi) is 6.61. The van der Waals surface area contributed by atoms with Crippen LogP contribution in [0.4, 0.5) is 9.59 Å². The van der Waals surface area contributed by atoms with E-state index >= 15 is 0 Å². The normalized spacial score (nSPS) is 21.7. The lowest BCUT2D eigenvalue weighted by Crippen LogP contribution is -2.58. The van der Waals surface area contributed by atoms with Gasteiger partial charge in [0.1, 0.15) is 5.60 Å². The third-order valence-corrected chi connectivity index (χ3v) is 3.48. The number of rotatable bonds is 3. The number of carbonyl (C=O) groups is 2. The predicted molar refractivity (Wildman–Crippen MR) is 91.3 cm³/mol. The first-order chi connectivity index (χ1) is 10.5. The Morgan fingerprint density at radius 2 is 1.91 bits per heavy atom. The van der Waals surface area contributed by atoms with Gasteiger partial charge in [0.05, 0.1) is 23.2 Å². The van der Waals surface area contributed by atoms with Crippen molar-refractivity contribution in [3.8, 4) is 0 Å². The van der Waals surface area contributed by atoms with E-state index in [1.54, 1.807) is 34.6 Å². The molecule has 0 spiro atoms. The molecule has 2 atom stereocenters. The minimum Gasteiger partial charge on any atom is -0.447 e. The summed E-state index contributed by atoms with van der Waals surface area (Å²) in [5.41, 5.74) is 5.13. The van der Waals surface area contributed by atoms with Gasteiger partial charge in [-0.3, -0.25) is 4.90 Å². The first-order valence-corrected chi connectivity index (χ1v) is 8.16. The van der Waals surface area contributed by atoms with Gasteiger partial charge >= 0.3 is 12.2 Å². The summed E-state index contributed by atoms with van der Waals surface area (Å²) in [6.45, 7) is 9.21. The zero-order valence-electron chi connectivity index (χ0n) is 14.4. The number of nitrogens with zero attached hydrogens (tertiary/aromatic N) is 1. The Labute approximate surface area is 142 Å². The molecule has 1 aliphatic rings. The van der Waals surface area contributed by atoms with Gasteiger partial charge in [0, 0.05) is 6.54 Å². The molecule has 0 aromatic rings. The Morgan fingerprint density at radius 3 is 2.39 bits per heavy atom. The number of piperidine rings is 1. The lowest BCUT2D eigenvalue weighted by Gasteiger charge is -2.39. The van der Waals surface area contributed by atoms with Crippen LogP contribution in [0.25, 0.3) is 0 Å². The van der Waals surface area contributed by atoms with Gasteiger partial charge in [0.15, 0.2) is 0 Å². The van der Waals surface area contributed by atoms with E-state index in [1.807, 2.05) is 0 Å². The molecule has 0 saturated carbocycles. The Bertz CT molecular complexity index is 462. The molecule has 0 bridgehead atoms. The van der Waals surface area contributed by atoms with Gasteiger partial charge in [-0.15, -0.1) is 0 Å². The number of thiocarbonyl (C=S) groups is 1. The number of likely N-dealkylation sites (tertiary alicyclic amines) is 1. The highest BCUT2D eigenvalue weighted by Crippen LogP contribution is 2.21. The number of hydrogen-bond donors (Lipinski definition) is 2. The Morgan fingerprint density at radius 1 is 1.30 bits per heavy atom. The molecule has 23 heavy (non-hydrogen) atoms. The van der Waals surface area contributed by atoms with Crippen LogP contribution in [-0.4, -0.2) is 52.4 Å². The van der Waals surface area contributed by atoms with E-state index in [0.717, 1.165) is 0 Å². The number of ether oxygens (including phenoxy) is 2. The van der Waals surface area contributed by atoms with E-state index in [4.69, 9.17) is 27.4 Å². The molecule has 7 nitrogen and oxygen atoms in total. The predicted octanol–water partition coefficient (Wildman–Crippen LogP) is 2.18. The maximum atomic E-state index is 12.4. The van der Waals surface area contributed by atoms with E-state index in [0.29, 0.717) is 12.8 Å². The van der Waals surface area contributed by atoms with Crippen LogP contribution in [0.2, 0.25) is 0 Å². The molecule has 132 valence electrons. The number of nitrogens with two attached hydrogens (primary N) is 1. The molecule has 0 aliphatic carbocycles. The molecule has 0 aromatic heterocycles. The summed E-state index contributed by atoms with van der Waals surface area (Å²) in [4.78, 5) is 25.8. The minimum atomic E-state index is -0.616. The van der Waals surface area contributed by atoms with Crippen LogP contribution in [0.5, 0.6) is 0 Å². The molecule has 1 heterocycles. The molecule has 2 amide bonds. The molecule has 0 radical (unpaired) electrons. The van der Waals surface area contributed by atoms with E-state index < -0.39 is 17.8 Å². The van der Waals surface area contributed by atoms with Crippen LogP contribution >= 0.6 is 12.2 Å². The summed E-state index contributed by atoms with van der Waals surface area (Å²) >= 11 is 5.05. The lowest BCUT2D eigenvalue weighted by atomic mass is 9.98. The van der Waals surface area contributed by atoms with Crippen LogP contribution in [0.1, 0.15) is 47.5 Å². The van der Waals surface area contributed by atoms with E-state index in [2.05, 4.69) is 5.32 Å². The Hall–Kier alpha value is -1.57. The molecule has 0 aromatic carbocycles. The Balaban J connectivity index is 2.75. The molecule has 1 saturated heterocycles. The highest BCUT2D eigenvalue weighted by Gasteiger charge is 2.36. The molecular weight excluding hydrogens is 318 g/mol. The molecule has 3 N–H and O–H groups in total. The van der Waals surface area contributed by atoms with Crippen LogP contribution < -0.4 is 11.1 Å². The number of hydrogen-bond acceptors (Lipinski definition) is 5. The van der Waals surface area contributed by atoms with Gasteiger partial charge in [-0.25, -0.2) is 9.59 Å². The van der Waals surface area contributed by atoms with Crippen molar-refractivity contribution in [2.45, 2.75) is 71.2 Å². The second kappa shape index (κ2) is 7.81. The van der Waals surface area contributed by atoms with Crippen molar-refractivity contribution in [2.24, 2.45) is 5.73 Å². The molecular formula is C15H27N3O4S. The fraction of sp³-hybridized carbons (Fsp3) is 0.800. The first-order valence-electron chi connectivity index (χ1n) is 7.75. The van der Waals surface area contributed by atoms with Crippen molar-refractivity contribution in [1.82, 2.24) is 10.2 Å². The summed E-state index contributed by atoms with van der Waals surface area (Å²) in [7, 11) is 0. The van der Waals surface area contributed by atoms with Gasteiger partial charge in [-0.1, -0.05) is 12.2 Å². The molecule has 1 rings (SSSR count). The monoisotopic (exact) mass is 345 g/mol. The topological polar surface area (TPSA) is 93.9 Å². The molecule has 8 heteroatoms. The van der Waals surface area contributed by atoms with Gasteiger partial charge < -0.3 is 20.5 Å². The van der Waals surface area contributed by atoms with Crippen molar-refractivity contribution in [3.05, 3.63) is 0 Å². The first kappa shape index (κ1) is 19.5. The van der Waals surface area contributed by atoms with Crippen molar-refractivity contribution < 1.29 is 19.1 Å². The maximum Gasteiger partial charge on any atom is 0.410 e. The van der Waals surface area contributed by atoms with Crippen LogP contribution in [0.15, 0.2) is 0 Å². The summed E-state index contributed by atoms with van der Waals surface area (Å²) in [5, 5.41) is 2.76. The highest BCUT2D eigenvalue weighted by molar-refractivity contribution is 7.80. The van der Waals surface area contributed by atoms with E-state index in [9.17, 15) is 9.59 Å². The van der Waals surface area contributed by atoms with Crippen LogP contribution in [0.3, 0.4) is 0 Å². The zero-order valence-corrected chi connectivity index (χ0v) is 15.2. The largest absolute Gasteiger partial charge is 0.447 e. The van der Waals surface area contributed by atoms with E-state index in [1.165, 1.54) is 4.90 Å². The zero-order chi connectivity index (χ0) is 17.8. The van der Waals surface area contributed by atoms with Crippen LogP contribution in [0, 0.1) is 0 Å². The summed E-state index contributed by atoms with van der Waals surface area (Å²) in [6.07, 6.45) is 0.0438.